The summed E-state index contributed by atoms with van der Waals surface area (Å²) in [5.41, 5.74) is 5.22. The summed E-state index contributed by atoms with van der Waals surface area (Å²) in [6.45, 7) is 4.00. The standard InChI is InChI=1S/C24H24N4O2S2/c1-15-5-10-20(16(2)13-15)28-23(30)22-19(11-12-31-22)26-24(28)32-14-21(29)25-17-6-8-18(9-7-17)27(3)4/h5-13H,14H2,1-4H3,(H,25,29). The predicted molar refractivity (Wildman–Crippen MR) is 135 cm³/mol. The molecule has 0 aliphatic rings. The van der Waals surface area contributed by atoms with Crippen LogP contribution in [0.4, 0.5) is 11.4 Å². The molecule has 0 saturated carbocycles. The third-order valence-electron chi connectivity index (χ3n) is 5.04. The Kier molecular flexibility index (Phi) is 6.34. The molecule has 1 amide bonds. The minimum atomic E-state index is -0.153. The van der Waals surface area contributed by atoms with Crippen molar-refractivity contribution in [2.75, 3.05) is 30.1 Å². The van der Waals surface area contributed by atoms with Gasteiger partial charge in [0.1, 0.15) is 4.70 Å². The number of carbonyl (C=O) groups is 1. The summed E-state index contributed by atoms with van der Waals surface area (Å²) in [6.07, 6.45) is 0. The van der Waals surface area contributed by atoms with Crippen molar-refractivity contribution >= 4 is 50.6 Å². The van der Waals surface area contributed by atoms with Crippen molar-refractivity contribution in [3.63, 3.8) is 0 Å². The second-order valence-electron chi connectivity index (χ2n) is 7.74. The van der Waals surface area contributed by atoms with Crippen LogP contribution in [-0.2, 0) is 4.79 Å². The summed E-state index contributed by atoms with van der Waals surface area (Å²) in [4.78, 5) is 32.6. The number of nitrogens with zero attached hydrogens (tertiary/aromatic N) is 3. The molecule has 0 unspecified atom stereocenters. The zero-order valence-corrected chi connectivity index (χ0v) is 20.0. The van der Waals surface area contributed by atoms with E-state index < -0.39 is 0 Å². The fourth-order valence-corrected chi connectivity index (χ4v) is 4.99. The van der Waals surface area contributed by atoms with Gasteiger partial charge in [-0.3, -0.25) is 14.2 Å². The highest BCUT2D eigenvalue weighted by Gasteiger charge is 2.17. The molecule has 0 aliphatic carbocycles. The first-order chi connectivity index (χ1) is 15.3. The number of hydrogen-bond donors (Lipinski definition) is 1. The van der Waals surface area contributed by atoms with Gasteiger partial charge in [0, 0.05) is 25.5 Å². The number of aryl methyl sites for hydroxylation is 2. The summed E-state index contributed by atoms with van der Waals surface area (Å²) in [7, 11) is 3.94. The molecule has 0 spiro atoms. The summed E-state index contributed by atoms with van der Waals surface area (Å²) < 4.78 is 2.23. The largest absolute Gasteiger partial charge is 0.378 e. The molecule has 32 heavy (non-hydrogen) atoms. The molecule has 4 rings (SSSR count). The fraction of sp³-hybridized carbons (Fsp3) is 0.208. The topological polar surface area (TPSA) is 67.2 Å². The van der Waals surface area contributed by atoms with E-state index in [9.17, 15) is 9.59 Å². The van der Waals surface area contributed by atoms with E-state index in [0.717, 1.165) is 28.2 Å². The van der Waals surface area contributed by atoms with Crippen LogP contribution < -0.4 is 15.8 Å². The molecule has 1 N–H and O–H groups in total. The molecule has 0 saturated heterocycles. The van der Waals surface area contributed by atoms with Gasteiger partial charge in [-0.1, -0.05) is 29.5 Å². The van der Waals surface area contributed by atoms with Gasteiger partial charge in [0.25, 0.3) is 5.56 Å². The lowest BCUT2D eigenvalue weighted by Crippen LogP contribution is -2.23. The molecule has 164 valence electrons. The van der Waals surface area contributed by atoms with Gasteiger partial charge in [-0.2, -0.15) is 0 Å². The van der Waals surface area contributed by atoms with Gasteiger partial charge in [-0.15, -0.1) is 11.3 Å². The Labute approximate surface area is 194 Å². The second-order valence-corrected chi connectivity index (χ2v) is 9.60. The molecule has 0 atom stereocenters. The summed E-state index contributed by atoms with van der Waals surface area (Å²) in [6, 6.07) is 15.4. The Hall–Kier alpha value is -3.10. The van der Waals surface area contributed by atoms with Crippen molar-refractivity contribution in [3.05, 3.63) is 75.4 Å². The van der Waals surface area contributed by atoms with E-state index in [1.54, 1.807) is 4.57 Å². The van der Waals surface area contributed by atoms with Gasteiger partial charge in [0.15, 0.2) is 5.16 Å². The average Bonchev–Trinajstić information content (AvgIpc) is 3.22. The maximum Gasteiger partial charge on any atom is 0.276 e. The van der Waals surface area contributed by atoms with Crippen LogP contribution in [0.2, 0.25) is 0 Å². The van der Waals surface area contributed by atoms with Gasteiger partial charge in [0.2, 0.25) is 5.91 Å². The minimum Gasteiger partial charge on any atom is -0.378 e. The lowest BCUT2D eigenvalue weighted by atomic mass is 10.1. The number of anilines is 2. The van der Waals surface area contributed by atoms with Crippen molar-refractivity contribution in [2.24, 2.45) is 0 Å². The number of hydrogen-bond acceptors (Lipinski definition) is 6. The number of thioether (sulfide) groups is 1. The van der Waals surface area contributed by atoms with Crippen molar-refractivity contribution in [3.8, 4) is 5.69 Å². The highest BCUT2D eigenvalue weighted by atomic mass is 32.2. The molecule has 0 aliphatic heterocycles. The van der Waals surface area contributed by atoms with E-state index in [1.807, 2.05) is 86.8 Å². The molecule has 0 radical (unpaired) electrons. The van der Waals surface area contributed by atoms with Crippen LogP contribution in [0.1, 0.15) is 11.1 Å². The predicted octanol–water partition coefficient (Wildman–Crippen LogP) is 4.86. The van der Waals surface area contributed by atoms with Crippen LogP contribution in [0.3, 0.4) is 0 Å². The van der Waals surface area contributed by atoms with Crippen molar-refractivity contribution < 1.29 is 4.79 Å². The first-order valence-corrected chi connectivity index (χ1v) is 12.0. The van der Waals surface area contributed by atoms with Crippen LogP contribution in [0.5, 0.6) is 0 Å². The average molecular weight is 465 g/mol. The molecule has 2 aromatic carbocycles. The number of thiophene rings is 1. The maximum absolute atomic E-state index is 13.3. The van der Waals surface area contributed by atoms with Crippen LogP contribution >= 0.6 is 23.1 Å². The monoisotopic (exact) mass is 464 g/mol. The third-order valence-corrected chi connectivity index (χ3v) is 6.87. The fourth-order valence-electron chi connectivity index (χ4n) is 3.43. The highest BCUT2D eigenvalue weighted by Crippen LogP contribution is 2.26. The Balaban J connectivity index is 1.61. The van der Waals surface area contributed by atoms with Crippen LogP contribution in [0.25, 0.3) is 15.9 Å². The third kappa shape index (κ3) is 4.56. The number of fused-ring (bicyclic) bond motifs is 1. The van der Waals surface area contributed by atoms with Gasteiger partial charge in [-0.05, 0) is 61.2 Å². The van der Waals surface area contributed by atoms with E-state index in [2.05, 4.69) is 5.32 Å². The smallest absolute Gasteiger partial charge is 0.276 e. The number of nitrogens with one attached hydrogen (secondary N) is 1. The van der Waals surface area contributed by atoms with Crippen LogP contribution in [0, 0.1) is 13.8 Å². The van der Waals surface area contributed by atoms with E-state index in [-0.39, 0.29) is 17.2 Å². The molecule has 8 heteroatoms. The van der Waals surface area contributed by atoms with Gasteiger partial charge in [0.05, 0.1) is 17.0 Å². The zero-order valence-electron chi connectivity index (χ0n) is 18.4. The normalized spacial score (nSPS) is 11.0. The Morgan fingerprint density at radius 1 is 1.12 bits per heavy atom. The van der Waals surface area contributed by atoms with Gasteiger partial charge >= 0.3 is 0 Å². The Morgan fingerprint density at radius 2 is 1.88 bits per heavy atom. The Bertz CT molecular complexity index is 1340. The van der Waals surface area contributed by atoms with Crippen molar-refractivity contribution in [1.82, 2.24) is 9.55 Å². The van der Waals surface area contributed by atoms with E-state index in [0.29, 0.717) is 15.4 Å². The number of rotatable bonds is 6. The van der Waals surface area contributed by atoms with Crippen LogP contribution in [-0.4, -0.2) is 35.3 Å². The lowest BCUT2D eigenvalue weighted by molar-refractivity contribution is -0.113. The molecule has 6 nitrogen and oxygen atoms in total. The maximum atomic E-state index is 13.3. The molecular formula is C24H24N4O2S2. The Morgan fingerprint density at radius 3 is 2.56 bits per heavy atom. The van der Waals surface area contributed by atoms with Gasteiger partial charge in [-0.25, -0.2) is 4.98 Å². The van der Waals surface area contributed by atoms with Crippen molar-refractivity contribution in [2.45, 2.75) is 19.0 Å². The van der Waals surface area contributed by atoms with E-state index in [1.165, 1.54) is 23.1 Å². The number of aromatic nitrogens is 2. The number of benzene rings is 2. The second kappa shape index (κ2) is 9.18. The van der Waals surface area contributed by atoms with Crippen molar-refractivity contribution in [1.29, 1.82) is 0 Å². The van der Waals surface area contributed by atoms with Gasteiger partial charge < -0.3 is 10.2 Å². The van der Waals surface area contributed by atoms with Crippen LogP contribution in [0.15, 0.2) is 63.9 Å². The summed E-state index contributed by atoms with van der Waals surface area (Å²) >= 11 is 2.64. The molecule has 0 bridgehead atoms. The summed E-state index contributed by atoms with van der Waals surface area (Å²) in [5, 5.41) is 5.28. The molecular weight excluding hydrogens is 440 g/mol. The SMILES string of the molecule is Cc1ccc(-n2c(SCC(=O)Nc3ccc(N(C)C)cc3)nc3ccsc3c2=O)c(C)c1. The minimum absolute atomic E-state index is 0.112. The number of carbonyl (C=O) groups excluding carboxylic acids is 1. The molecule has 4 aromatic rings. The first-order valence-electron chi connectivity index (χ1n) is 10.1. The molecule has 0 fully saturated rings. The molecule has 2 heterocycles. The van der Waals surface area contributed by atoms with E-state index >= 15 is 0 Å². The highest BCUT2D eigenvalue weighted by molar-refractivity contribution is 7.99. The first kappa shape index (κ1) is 22.1. The van der Waals surface area contributed by atoms with E-state index in [4.69, 9.17) is 4.98 Å². The lowest BCUT2D eigenvalue weighted by Gasteiger charge is -2.15. The molecule has 2 aromatic heterocycles. The quantitative estimate of drug-likeness (QED) is 0.326. The number of amides is 1. The summed E-state index contributed by atoms with van der Waals surface area (Å²) in [5.74, 6) is -0.0120. The zero-order chi connectivity index (χ0) is 22.8.